The van der Waals surface area contributed by atoms with Gasteiger partial charge < -0.3 is 0 Å². The van der Waals surface area contributed by atoms with Crippen molar-refractivity contribution < 1.29 is 4.21 Å². The molecule has 0 saturated heterocycles. The van der Waals surface area contributed by atoms with Crippen molar-refractivity contribution in [2.75, 3.05) is 0 Å². The van der Waals surface area contributed by atoms with Crippen LogP contribution >= 0.6 is 0 Å². The summed E-state index contributed by atoms with van der Waals surface area (Å²) in [5.41, 5.74) is 2.60. The molecule has 0 aliphatic rings. The quantitative estimate of drug-likeness (QED) is 0.245. The van der Waals surface area contributed by atoms with E-state index in [0.29, 0.717) is 0 Å². The van der Waals surface area contributed by atoms with E-state index in [2.05, 4.69) is 64.1 Å². The zero-order valence-electron chi connectivity index (χ0n) is 19.0. The molecule has 2 rings (SSSR count). The molecule has 0 saturated carbocycles. The maximum absolute atomic E-state index is 13.4. The molecule has 1 atom stereocenters. The third kappa shape index (κ3) is 7.54. The molecule has 29 heavy (non-hydrogen) atoms. The van der Waals surface area contributed by atoms with Gasteiger partial charge in [0.15, 0.2) is 0 Å². The molecular weight excluding hydrogens is 479 g/mol. The SMILES string of the molecule is CCC[CH2][Sn]([CH2]CCC)([CH2]CCC)[CH2]c1ccccc1[S@@](=O)c1ccc(C)cc1. The van der Waals surface area contributed by atoms with Gasteiger partial charge in [-0.25, -0.2) is 0 Å². The second kappa shape index (κ2) is 12.9. The molecule has 0 amide bonds. The average Bonchev–Trinajstić information content (AvgIpc) is 2.75. The predicted molar refractivity (Wildman–Crippen MR) is 131 cm³/mol. The Morgan fingerprint density at radius 1 is 0.759 bits per heavy atom. The van der Waals surface area contributed by atoms with E-state index < -0.39 is 29.2 Å². The molecule has 0 N–H and O–H groups in total. The summed E-state index contributed by atoms with van der Waals surface area (Å²) in [6.07, 6.45) is 8.04. The van der Waals surface area contributed by atoms with Gasteiger partial charge in [0.25, 0.3) is 0 Å². The zero-order chi connectivity index (χ0) is 21.1. The second-order valence-electron chi connectivity index (χ2n) is 8.68. The van der Waals surface area contributed by atoms with Crippen LogP contribution in [-0.2, 0) is 15.2 Å². The number of hydrogen-bond acceptors (Lipinski definition) is 1. The van der Waals surface area contributed by atoms with E-state index in [-0.39, 0.29) is 0 Å². The van der Waals surface area contributed by atoms with E-state index >= 15 is 0 Å². The Balaban J connectivity index is 2.36. The van der Waals surface area contributed by atoms with Gasteiger partial charge in [-0.3, -0.25) is 0 Å². The predicted octanol–water partition coefficient (Wildman–Crippen LogP) is 8.09. The third-order valence-electron chi connectivity index (χ3n) is 6.15. The van der Waals surface area contributed by atoms with Gasteiger partial charge in [0.05, 0.1) is 0 Å². The fraction of sp³-hybridized carbons (Fsp3) is 0.538. The molecule has 0 bridgehead atoms. The minimum atomic E-state index is -2.32. The Labute approximate surface area is 186 Å². The van der Waals surface area contributed by atoms with Crippen LogP contribution < -0.4 is 0 Å². The van der Waals surface area contributed by atoms with E-state index in [0.717, 1.165) is 9.79 Å². The third-order valence-corrected chi connectivity index (χ3v) is 23.0. The fourth-order valence-corrected chi connectivity index (χ4v) is 22.2. The van der Waals surface area contributed by atoms with Crippen LogP contribution in [0.2, 0.25) is 13.3 Å². The topological polar surface area (TPSA) is 17.1 Å². The van der Waals surface area contributed by atoms with Crippen LogP contribution in [0, 0.1) is 6.92 Å². The van der Waals surface area contributed by atoms with Crippen molar-refractivity contribution in [3.05, 3.63) is 59.7 Å². The van der Waals surface area contributed by atoms with Crippen molar-refractivity contribution in [2.24, 2.45) is 0 Å². The first kappa shape index (κ1) is 24.7. The minimum absolute atomic E-state index is 0.930. The Kier molecular flexibility index (Phi) is 11.0. The van der Waals surface area contributed by atoms with E-state index in [1.165, 1.54) is 67.4 Å². The molecule has 1 nitrogen and oxygen atoms in total. The van der Waals surface area contributed by atoms with Crippen molar-refractivity contribution >= 4 is 29.2 Å². The molecule has 3 heteroatoms. The summed E-state index contributed by atoms with van der Waals surface area (Å²) in [6.45, 7) is 9.07. The van der Waals surface area contributed by atoms with Crippen LogP contribution in [0.1, 0.15) is 70.4 Å². The summed E-state index contributed by atoms with van der Waals surface area (Å²) in [7, 11) is -1.08. The van der Waals surface area contributed by atoms with Crippen LogP contribution in [0.15, 0.2) is 58.3 Å². The van der Waals surface area contributed by atoms with E-state index in [9.17, 15) is 4.21 Å². The number of rotatable bonds is 13. The number of unbranched alkanes of at least 4 members (excludes halogenated alkanes) is 3. The summed E-state index contributed by atoms with van der Waals surface area (Å²) < 4.78 is 19.2. The first-order valence-corrected chi connectivity index (χ1v) is 20.8. The Hall–Kier alpha value is -0.611. The molecule has 0 fully saturated rings. The number of aryl methyl sites for hydroxylation is 1. The van der Waals surface area contributed by atoms with Gasteiger partial charge in [0.2, 0.25) is 0 Å². The maximum atomic E-state index is 13.4. The molecule has 0 heterocycles. The number of benzene rings is 2. The van der Waals surface area contributed by atoms with Crippen LogP contribution in [0.4, 0.5) is 0 Å². The van der Waals surface area contributed by atoms with Crippen molar-refractivity contribution in [3.8, 4) is 0 Å². The summed E-state index contributed by atoms with van der Waals surface area (Å²) in [5.74, 6) is 0. The molecule has 0 unspecified atom stereocenters. The van der Waals surface area contributed by atoms with Crippen LogP contribution in [0.3, 0.4) is 0 Å². The Bertz CT molecular complexity index is 732. The number of hydrogen-bond donors (Lipinski definition) is 0. The molecule has 160 valence electrons. The Morgan fingerprint density at radius 2 is 1.28 bits per heavy atom. The summed E-state index contributed by atoms with van der Waals surface area (Å²) in [4.78, 5) is 1.99. The molecule has 2 aromatic rings. The van der Waals surface area contributed by atoms with Gasteiger partial charge in [-0.15, -0.1) is 0 Å². The second-order valence-corrected chi connectivity index (χ2v) is 24.0. The molecule has 2 aromatic carbocycles. The molecule has 0 radical (unpaired) electrons. The molecule has 0 spiro atoms. The molecule has 0 aliphatic heterocycles. The first-order valence-electron chi connectivity index (χ1n) is 11.6. The van der Waals surface area contributed by atoms with Crippen LogP contribution in [0.25, 0.3) is 0 Å². The summed E-state index contributed by atoms with van der Waals surface area (Å²) >= 11 is -2.32. The fourth-order valence-electron chi connectivity index (χ4n) is 4.32. The zero-order valence-corrected chi connectivity index (χ0v) is 22.7. The standard InChI is InChI=1S/C14H13OS.3C4H9.Sn/c1-11-7-9-13(10-8-11)16(15)14-6-4-3-5-12(14)2;3*1-3-4-2;/h3-10H,2H2,1H3;3*1,3-4H2,2H3;/t16-;;;;/m0..../s1. The Morgan fingerprint density at radius 3 is 1.79 bits per heavy atom. The van der Waals surface area contributed by atoms with Gasteiger partial charge >= 0.3 is 187 Å². The van der Waals surface area contributed by atoms with Gasteiger partial charge in [-0.1, -0.05) is 0 Å². The monoisotopic (exact) mass is 520 g/mol. The van der Waals surface area contributed by atoms with Gasteiger partial charge in [-0.05, 0) is 0 Å². The normalized spacial score (nSPS) is 12.8. The summed E-state index contributed by atoms with van der Waals surface area (Å²) in [6, 6.07) is 16.8. The molecule has 0 aliphatic carbocycles. The van der Waals surface area contributed by atoms with Crippen LogP contribution in [0.5, 0.6) is 0 Å². The van der Waals surface area contributed by atoms with Gasteiger partial charge in [0, 0.05) is 0 Å². The van der Waals surface area contributed by atoms with Crippen molar-refractivity contribution in [1.82, 2.24) is 0 Å². The van der Waals surface area contributed by atoms with Crippen molar-refractivity contribution in [1.29, 1.82) is 0 Å². The first-order chi connectivity index (χ1) is 14.0. The van der Waals surface area contributed by atoms with Gasteiger partial charge in [0.1, 0.15) is 0 Å². The van der Waals surface area contributed by atoms with Crippen LogP contribution in [-0.4, -0.2) is 22.6 Å². The molecule has 0 aromatic heterocycles. The van der Waals surface area contributed by atoms with Crippen molar-refractivity contribution in [3.63, 3.8) is 0 Å². The van der Waals surface area contributed by atoms with E-state index in [1.54, 1.807) is 0 Å². The van der Waals surface area contributed by atoms with Gasteiger partial charge in [-0.2, -0.15) is 0 Å². The van der Waals surface area contributed by atoms with E-state index in [4.69, 9.17) is 0 Å². The van der Waals surface area contributed by atoms with Crippen molar-refractivity contribution in [2.45, 2.75) is 93.8 Å². The molecular formula is C26H40OSSn. The summed E-state index contributed by atoms with van der Waals surface area (Å²) in [5, 5.41) is 0. The van der Waals surface area contributed by atoms with E-state index in [1.807, 2.05) is 12.1 Å². The average molecular weight is 519 g/mol.